The predicted molar refractivity (Wildman–Crippen MR) is 64.9 cm³/mol. The average Bonchev–Trinajstić information content (AvgIpc) is 2.24. The fourth-order valence-corrected chi connectivity index (χ4v) is 0.952. The molecule has 0 unspecified atom stereocenters. The van der Waals surface area contributed by atoms with Crippen molar-refractivity contribution in [1.82, 2.24) is 5.32 Å². The maximum atomic E-state index is 11.2. The number of hydrogen-bond donors (Lipinski definition) is 1. The largest absolute Gasteiger partial charge is 0.385 e. The molecule has 0 aromatic carbocycles. The van der Waals surface area contributed by atoms with Gasteiger partial charge in [0.15, 0.2) is 0 Å². The number of carbonyl (C=O) groups is 1. The molecule has 92 valence electrons. The van der Waals surface area contributed by atoms with E-state index in [1.165, 1.54) is 0 Å². The Hall–Kier alpha value is -0.570. The van der Waals surface area contributed by atoms with Gasteiger partial charge in [-0.05, 0) is 18.8 Å². The van der Waals surface area contributed by atoms with Crippen LogP contribution < -0.4 is 5.32 Å². The van der Waals surface area contributed by atoms with Crippen LogP contribution in [0.1, 0.15) is 47.0 Å². The first-order chi connectivity index (χ1) is 7.16. The lowest BCUT2D eigenvalue weighted by molar-refractivity contribution is -0.121. The predicted octanol–water partition coefficient (Wildman–Crippen LogP) is 2.60. The van der Waals surface area contributed by atoms with Crippen LogP contribution in [0, 0.1) is 5.92 Å². The Morgan fingerprint density at radius 3 is 2.40 bits per heavy atom. The summed E-state index contributed by atoms with van der Waals surface area (Å²) < 4.78 is 4.87. The summed E-state index contributed by atoms with van der Waals surface area (Å²) in [5.41, 5.74) is 0. The van der Waals surface area contributed by atoms with Gasteiger partial charge in [0.2, 0.25) is 5.91 Å². The van der Waals surface area contributed by atoms with Crippen molar-refractivity contribution in [2.45, 2.75) is 47.0 Å². The first-order valence-corrected chi connectivity index (χ1v) is 5.92. The monoisotopic (exact) mass is 217 g/mol. The third-order valence-electron chi connectivity index (χ3n) is 1.80. The van der Waals surface area contributed by atoms with Crippen LogP contribution in [-0.2, 0) is 9.53 Å². The first-order valence-electron chi connectivity index (χ1n) is 5.92. The number of ether oxygens (including phenoxy) is 1. The molecule has 0 radical (unpaired) electrons. The van der Waals surface area contributed by atoms with Crippen molar-refractivity contribution >= 4 is 5.91 Å². The Labute approximate surface area is 94.6 Å². The van der Waals surface area contributed by atoms with Crippen molar-refractivity contribution in [2.24, 2.45) is 5.92 Å². The van der Waals surface area contributed by atoms with Crippen LogP contribution in [0.2, 0.25) is 0 Å². The van der Waals surface area contributed by atoms with Gasteiger partial charge in [0.1, 0.15) is 0 Å². The molecule has 3 nitrogen and oxygen atoms in total. The summed E-state index contributed by atoms with van der Waals surface area (Å²) in [6.45, 7) is 9.69. The molecule has 1 amide bonds. The quantitative estimate of drug-likeness (QED) is 0.666. The van der Waals surface area contributed by atoms with E-state index in [0.29, 0.717) is 18.9 Å². The van der Waals surface area contributed by atoms with Gasteiger partial charge in [-0.1, -0.05) is 27.7 Å². The van der Waals surface area contributed by atoms with Gasteiger partial charge >= 0.3 is 0 Å². The van der Waals surface area contributed by atoms with Crippen LogP contribution in [0.25, 0.3) is 0 Å². The van der Waals surface area contributed by atoms with Gasteiger partial charge in [-0.2, -0.15) is 0 Å². The number of amides is 1. The molecule has 0 saturated carbocycles. The van der Waals surface area contributed by atoms with Crippen molar-refractivity contribution < 1.29 is 9.53 Å². The summed E-state index contributed by atoms with van der Waals surface area (Å²) in [6, 6.07) is 0. The van der Waals surface area contributed by atoms with E-state index in [1.807, 2.05) is 13.8 Å². The molecular formula is C12H27NO2. The van der Waals surface area contributed by atoms with Crippen LogP contribution in [0.5, 0.6) is 0 Å². The summed E-state index contributed by atoms with van der Waals surface area (Å²) in [6.07, 6.45) is 2.50. The molecule has 0 heterocycles. The lowest BCUT2D eigenvalue weighted by Gasteiger charge is -2.06. The highest BCUT2D eigenvalue weighted by Crippen LogP contribution is 2.02. The Balaban J connectivity index is 0. The third-order valence-corrected chi connectivity index (χ3v) is 1.80. The molecule has 0 spiro atoms. The van der Waals surface area contributed by atoms with Crippen molar-refractivity contribution in [2.75, 3.05) is 20.3 Å². The summed E-state index contributed by atoms with van der Waals surface area (Å²) in [5, 5.41) is 2.85. The zero-order chi connectivity index (χ0) is 12.1. The van der Waals surface area contributed by atoms with Crippen LogP contribution in [0.15, 0.2) is 0 Å². The molecule has 0 bridgehead atoms. The van der Waals surface area contributed by atoms with Crippen LogP contribution in [0.3, 0.4) is 0 Å². The molecule has 0 aliphatic heterocycles. The van der Waals surface area contributed by atoms with E-state index in [2.05, 4.69) is 19.2 Å². The maximum absolute atomic E-state index is 11.2. The summed E-state index contributed by atoms with van der Waals surface area (Å²) >= 11 is 0. The van der Waals surface area contributed by atoms with Crippen LogP contribution in [0.4, 0.5) is 0 Å². The minimum Gasteiger partial charge on any atom is -0.385 e. The zero-order valence-electron chi connectivity index (χ0n) is 10.9. The lowest BCUT2D eigenvalue weighted by Crippen LogP contribution is -2.25. The molecule has 1 N–H and O–H groups in total. The Kier molecular flexibility index (Phi) is 15.1. The Morgan fingerprint density at radius 2 is 1.93 bits per heavy atom. The molecular weight excluding hydrogens is 190 g/mol. The van der Waals surface area contributed by atoms with Crippen molar-refractivity contribution in [3.63, 3.8) is 0 Å². The Bertz CT molecular complexity index is 136. The van der Waals surface area contributed by atoms with Gasteiger partial charge < -0.3 is 10.1 Å². The summed E-state index contributed by atoms with van der Waals surface area (Å²) in [5.74, 6) is 0.759. The van der Waals surface area contributed by atoms with Gasteiger partial charge in [0.25, 0.3) is 0 Å². The molecule has 15 heavy (non-hydrogen) atoms. The second kappa shape index (κ2) is 13.4. The molecule has 0 rings (SSSR count). The van der Waals surface area contributed by atoms with E-state index in [-0.39, 0.29) is 5.91 Å². The molecule has 0 atom stereocenters. The number of hydrogen-bond acceptors (Lipinski definition) is 2. The Morgan fingerprint density at radius 1 is 1.33 bits per heavy atom. The number of methoxy groups -OCH3 is 1. The highest BCUT2D eigenvalue weighted by atomic mass is 16.5. The molecule has 0 aliphatic carbocycles. The van der Waals surface area contributed by atoms with Gasteiger partial charge in [-0.3, -0.25) is 4.79 Å². The first kappa shape index (κ1) is 16.8. The van der Waals surface area contributed by atoms with Crippen molar-refractivity contribution in [1.29, 1.82) is 0 Å². The molecule has 0 saturated heterocycles. The SMILES string of the molecule is CC.COCCCNC(=O)CCC(C)C. The van der Waals surface area contributed by atoms with E-state index < -0.39 is 0 Å². The molecule has 0 aromatic rings. The number of rotatable bonds is 7. The molecule has 0 aliphatic rings. The smallest absolute Gasteiger partial charge is 0.220 e. The van der Waals surface area contributed by atoms with Crippen molar-refractivity contribution in [3.05, 3.63) is 0 Å². The second-order valence-electron chi connectivity index (χ2n) is 3.63. The van der Waals surface area contributed by atoms with Gasteiger partial charge in [0.05, 0.1) is 0 Å². The number of nitrogens with one attached hydrogen (secondary N) is 1. The molecule has 0 fully saturated rings. The van der Waals surface area contributed by atoms with Gasteiger partial charge in [-0.15, -0.1) is 0 Å². The fraction of sp³-hybridized carbons (Fsp3) is 0.917. The minimum absolute atomic E-state index is 0.157. The van der Waals surface area contributed by atoms with Crippen molar-refractivity contribution in [3.8, 4) is 0 Å². The second-order valence-corrected chi connectivity index (χ2v) is 3.63. The lowest BCUT2D eigenvalue weighted by atomic mass is 10.1. The fourth-order valence-electron chi connectivity index (χ4n) is 0.952. The van der Waals surface area contributed by atoms with E-state index in [4.69, 9.17) is 4.74 Å². The number of carbonyl (C=O) groups excluding carboxylic acids is 1. The highest BCUT2D eigenvalue weighted by Gasteiger charge is 2.01. The van der Waals surface area contributed by atoms with E-state index >= 15 is 0 Å². The van der Waals surface area contributed by atoms with E-state index in [1.54, 1.807) is 7.11 Å². The van der Waals surface area contributed by atoms with Crippen LogP contribution >= 0.6 is 0 Å². The maximum Gasteiger partial charge on any atom is 0.220 e. The standard InChI is InChI=1S/C10H21NO2.C2H6/c1-9(2)5-6-10(12)11-7-4-8-13-3;1-2/h9H,4-8H2,1-3H3,(H,11,12);1-2H3. The minimum atomic E-state index is 0.157. The molecule has 3 heteroatoms. The highest BCUT2D eigenvalue weighted by molar-refractivity contribution is 5.75. The topological polar surface area (TPSA) is 38.3 Å². The zero-order valence-corrected chi connectivity index (χ0v) is 10.9. The van der Waals surface area contributed by atoms with Gasteiger partial charge in [0, 0.05) is 26.7 Å². The third kappa shape index (κ3) is 16.1. The summed E-state index contributed by atoms with van der Waals surface area (Å²) in [4.78, 5) is 11.2. The normalized spacial score (nSPS) is 9.47. The summed E-state index contributed by atoms with van der Waals surface area (Å²) in [7, 11) is 1.67. The van der Waals surface area contributed by atoms with E-state index in [0.717, 1.165) is 19.4 Å². The van der Waals surface area contributed by atoms with Gasteiger partial charge in [-0.25, -0.2) is 0 Å². The van der Waals surface area contributed by atoms with E-state index in [9.17, 15) is 4.79 Å². The molecule has 0 aromatic heterocycles. The van der Waals surface area contributed by atoms with Crippen LogP contribution in [-0.4, -0.2) is 26.2 Å². The average molecular weight is 217 g/mol.